The monoisotopic (exact) mass is 290 g/mol. The molecule has 0 fully saturated rings. The minimum absolute atomic E-state index is 0.130. The molecule has 3 N–H and O–H groups in total. The van der Waals surface area contributed by atoms with E-state index in [0.717, 1.165) is 12.8 Å². The highest BCUT2D eigenvalue weighted by molar-refractivity contribution is 7.89. The van der Waals surface area contributed by atoms with Crippen LogP contribution in [0.4, 0.5) is 5.69 Å². The number of nitrogens with one attached hydrogen (secondary N) is 1. The second-order valence-electron chi connectivity index (χ2n) is 4.92. The first-order valence-corrected chi connectivity index (χ1v) is 7.63. The van der Waals surface area contributed by atoms with E-state index in [9.17, 15) is 8.42 Å². The zero-order chi connectivity index (χ0) is 14.0. The highest BCUT2D eigenvalue weighted by atomic mass is 35.5. The van der Waals surface area contributed by atoms with Crippen LogP contribution in [0.3, 0.4) is 0 Å². The van der Waals surface area contributed by atoms with Crippen LogP contribution in [0.1, 0.15) is 33.6 Å². The standard InChI is InChI=1S/C12H19ClN2O2S/c1-4-7-12(2,3)15-18(16,17)9-5-6-11(14)10(13)8-9/h5-6,8,15H,4,7,14H2,1-3H3. The van der Waals surface area contributed by atoms with Gasteiger partial charge in [0.1, 0.15) is 0 Å². The maximum atomic E-state index is 12.2. The average molecular weight is 291 g/mol. The molecule has 4 nitrogen and oxygen atoms in total. The molecule has 1 aromatic rings. The van der Waals surface area contributed by atoms with Gasteiger partial charge in [0.2, 0.25) is 10.0 Å². The van der Waals surface area contributed by atoms with Gasteiger partial charge in [0.15, 0.2) is 0 Å². The van der Waals surface area contributed by atoms with Gasteiger partial charge in [0.25, 0.3) is 0 Å². The number of anilines is 1. The second kappa shape index (κ2) is 5.47. The largest absolute Gasteiger partial charge is 0.398 e. The SMILES string of the molecule is CCCC(C)(C)NS(=O)(=O)c1ccc(N)c(Cl)c1. The number of sulfonamides is 1. The van der Waals surface area contributed by atoms with Gasteiger partial charge in [-0.2, -0.15) is 0 Å². The number of nitrogen functional groups attached to an aromatic ring is 1. The summed E-state index contributed by atoms with van der Waals surface area (Å²) in [5.41, 5.74) is 5.44. The Morgan fingerprint density at radius 3 is 2.50 bits per heavy atom. The Morgan fingerprint density at radius 1 is 1.39 bits per heavy atom. The van der Waals surface area contributed by atoms with E-state index in [0.29, 0.717) is 5.69 Å². The smallest absolute Gasteiger partial charge is 0.241 e. The fourth-order valence-corrected chi connectivity index (χ4v) is 3.49. The van der Waals surface area contributed by atoms with E-state index in [-0.39, 0.29) is 9.92 Å². The summed E-state index contributed by atoms with van der Waals surface area (Å²) < 4.78 is 27.0. The molecule has 0 spiro atoms. The fraction of sp³-hybridized carbons (Fsp3) is 0.500. The topological polar surface area (TPSA) is 72.2 Å². The van der Waals surface area contributed by atoms with Gasteiger partial charge >= 0.3 is 0 Å². The summed E-state index contributed by atoms with van der Waals surface area (Å²) in [5.74, 6) is 0. The van der Waals surface area contributed by atoms with Crippen molar-refractivity contribution in [3.8, 4) is 0 Å². The predicted octanol–water partition coefficient (Wildman–Crippen LogP) is 2.78. The molecule has 0 bridgehead atoms. The van der Waals surface area contributed by atoms with Crippen LogP contribution in [-0.2, 0) is 10.0 Å². The Hall–Kier alpha value is -0.780. The van der Waals surface area contributed by atoms with Gasteiger partial charge in [0.05, 0.1) is 15.6 Å². The van der Waals surface area contributed by atoms with E-state index in [4.69, 9.17) is 17.3 Å². The van der Waals surface area contributed by atoms with Crippen LogP contribution in [0.15, 0.2) is 23.1 Å². The number of halogens is 1. The van der Waals surface area contributed by atoms with Crippen molar-refractivity contribution in [1.82, 2.24) is 4.72 Å². The van der Waals surface area contributed by atoms with Crippen LogP contribution in [0.5, 0.6) is 0 Å². The van der Waals surface area contributed by atoms with Crippen molar-refractivity contribution in [3.05, 3.63) is 23.2 Å². The molecular formula is C12H19ClN2O2S. The summed E-state index contributed by atoms with van der Waals surface area (Å²) >= 11 is 5.84. The molecule has 0 amide bonds. The molecule has 0 radical (unpaired) electrons. The Morgan fingerprint density at radius 2 is 2.00 bits per heavy atom. The number of benzene rings is 1. The third-order valence-corrected chi connectivity index (χ3v) is 4.59. The van der Waals surface area contributed by atoms with Crippen LogP contribution in [0.25, 0.3) is 0 Å². The first-order chi connectivity index (χ1) is 8.18. The van der Waals surface area contributed by atoms with Crippen molar-refractivity contribution in [2.24, 2.45) is 0 Å². The molecule has 0 atom stereocenters. The van der Waals surface area contributed by atoms with Gasteiger partial charge < -0.3 is 5.73 Å². The van der Waals surface area contributed by atoms with E-state index in [1.807, 2.05) is 20.8 Å². The molecule has 0 aliphatic rings. The minimum atomic E-state index is -3.57. The lowest BCUT2D eigenvalue weighted by molar-refractivity contribution is 0.418. The third kappa shape index (κ3) is 3.86. The molecule has 0 saturated carbocycles. The van der Waals surface area contributed by atoms with Crippen molar-refractivity contribution in [3.63, 3.8) is 0 Å². The van der Waals surface area contributed by atoms with Gasteiger partial charge in [0, 0.05) is 5.54 Å². The summed E-state index contributed by atoms with van der Waals surface area (Å²) in [6.07, 6.45) is 1.66. The molecule has 1 rings (SSSR count). The van der Waals surface area contributed by atoms with Crippen molar-refractivity contribution in [1.29, 1.82) is 0 Å². The van der Waals surface area contributed by atoms with Gasteiger partial charge in [-0.25, -0.2) is 13.1 Å². The average Bonchev–Trinajstić information content (AvgIpc) is 2.20. The Labute approximate surface area is 114 Å². The van der Waals surface area contributed by atoms with E-state index >= 15 is 0 Å². The normalized spacial score (nSPS) is 12.7. The van der Waals surface area contributed by atoms with Gasteiger partial charge in [-0.05, 0) is 38.5 Å². The quantitative estimate of drug-likeness (QED) is 0.819. The first-order valence-electron chi connectivity index (χ1n) is 5.77. The molecule has 102 valence electrons. The Kier molecular flexibility index (Phi) is 4.64. The van der Waals surface area contributed by atoms with Crippen LogP contribution in [0.2, 0.25) is 5.02 Å². The summed E-state index contributed by atoms with van der Waals surface area (Å²) in [4.78, 5) is 0.130. The minimum Gasteiger partial charge on any atom is -0.398 e. The second-order valence-corrected chi connectivity index (χ2v) is 7.01. The molecule has 0 aliphatic carbocycles. The van der Waals surface area contributed by atoms with Gasteiger partial charge in [-0.1, -0.05) is 24.9 Å². The lowest BCUT2D eigenvalue weighted by Gasteiger charge is -2.25. The number of rotatable bonds is 5. The summed E-state index contributed by atoms with van der Waals surface area (Å²) in [6.45, 7) is 5.72. The number of hydrogen-bond acceptors (Lipinski definition) is 3. The molecule has 1 aromatic carbocycles. The summed E-state index contributed by atoms with van der Waals surface area (Å²) in [7, 11) is -3.57. The molecule has 0 heterocycles. The first kappa shape index (κ1) is 15.3. The number of nitrogens with two attached hydrogens (primary N) is 1. The third-order valence-electron chi connectivity index (χ3n) is 2.57. The van der Waals surface area contributed by atoms with E-state index < -0.39 is 15.6 Å². The fourth-order valence-electron chi connectivity index (χ4n) is 1.77. The zero-order valence-corrected chi connectivity index (χ0v) is 12.4. The molecular weight excluding hydrogens is 272 g/mol. The molecule has 0 aromatic heterocycles. The van der Waals surface area contributed by atoms with Gasteiger partial charge in [-0.3, -0.25) is 0 Å². The van der Waals surface area contributed by atoms with E-state index in [1.165, 1.54) is 18.2 Å². The van der Waals surface area contributed by atoms with Crippen molar-refractivity contribution < 1.29 is 8.42 Å². The van der Waals surface area contributed by atoms with Crippen molar-refractivity contribution in [2.45, 2.75) is 44.0 Å². The maximum absolute atomic E-state index is 12.2. The van der Waals surface area contributed by atoms with E-state index in [2.05, 4.69) is 4.72 Å². The molecule has 0 unspecified atom stereocenters. The lowest BCUT2D eigenvalue weighted by atomic mass is 10.0. The predicted molar refractivity (Wildman–Crippen MR) is 75.2 cm³/mol. The van der Waals surface area contributed by atoms with Gasteiger partial charge in [-0.15, -0.1) is 0 Å². The van der Waals surface area contributed by atoms with Crippen LogP contribution in [0, 0.1) is 0 Å². The molecule has 6 heteroatoms. The van der Waals surface area contributed by atoms with E-state index in [1.54, 1.807) is 0 Å². The Balaban J connectivity index is 3.03. The molecule has 0 saturated heterocycles. The van der Waals surface area contributed by atoms with Crippen LogP contribution < -0.4 is 10.5 Å². The highest BCUT2D eigenvalue weighted by Crippen LogP contribution is 2.24. The highest BCUT2D eigenvalue weighted by Gasteiger charge is 2.25. The van der Waals surface area contributed by atoms with Crippen LogP contribution >= 0.6 is 11.6 Å². The summed E-state index contributed by atoms with van der Waals surface area (Å²) in [5, 5.41) is 0.242. The molecule has 0 aliphatic heterocycles. The number of hydrogen-bond donors (Lipinski definition) is 2. The molecule has 18 heavy (non-hydrogen) atoms. The van der Waals surface area contributed by atoms with Crippen molar-refractivity contribution in [2.75, 3.05) is 5.73 Å². The summed E-state index contributed by atoms with van der Waals surface area (Å²) in [6, 6.07) is 4.30. The maximum Gasteiger partial charge on any atom is 0.241 e. The zero-order valence-electron chi connectivity index (χ0n) is 10.8. The Bertz CT molecular complexity index is 527. The lowest BCUT2D eigenvalue weighted by Crippen LogP contribution is -2.43. The van der Waals surface area contributed by atoms with Crippen LogP contribution in [-0.4, -0.2) is 14.0 Å². The van der Waals surface area contributed by atoms with Crippen molar-refractivity contribution >= 4 is 27.3 Å².